The zero-order valence-corrected chi connectivity index (χ0v) is 12.6. The van der Waals surface area contributed by atoms with E-state index in [1.54, 1.807) is 11.8 Å². The van der Waals surface area contributed by atoms with Gasteiger partial charge in [-0.2, -0.15) is 11.8 Å². The van der Waals surface area contributed by atoms with Crippen LogP contribution < -0.4 is 4.72 Å². The van der Waals surface area contributed by atoms with Gasteiger partial charge in [-0.05, 0) is 28.3 Å². The van der Waals surface area contributed by atoms with Crippen LogP contribution in [-0.2, 0) is 10.0 Å². The molecule has 1 aromatic rings. The molecule has 0 amide bonds. The van der Waals surface area contributed by atoms with Gasteiger partial charge in [0.2, 0.25) is 10.0 Å². The van der Waals surface area contributed by atoms with Crippen LogP contribution in [0.25, 0.3) is 0 Å². The fourth-order valence-corrected chi connectivity index (χ4v) is 4.72. The molecule has 0 unspecified atom stereocenters. The molecule has 15 heavy (non-hydrogen) atoms. The Morgan fingerprint density at radius 3 is 2.80 bits per heavy atom. The van der Waals surface area contributed by atoms with E-state index in [4.69, 9.17) is 11.6 Å². The van der Waals surface area contributed by atoms with Crippen molar-refractivity contribution in [2.75, 3.05) is 18.6 Å². The highest BCUT2D eigenvalue weighted by atomic mass is 79.9. The van der Waals surface area contributed by atoms with E-state index in [-0.39, 0.29) is 4.21 Å². The first-order valence-corrected chi connectivity index (χ1v) is 8.77. The molecule has 0 aliphatic rings. The molecule has 0 saturated carbocycles. The predicted molar refractivity (Wildman–Crippen MR) is 70.6 cm³/mol. The number of thiophene rings is 1. The van der Waals surface area contributed by atoms with Crippen molar-refractivity contribution >= 4 is 60.7 Å². The molecule has 0 aliphatic carbocycles. The molecule has 8 heteroatoms. The van der Waals surface area contributed by atoms with Crippen molar-refractivity contribution in [3.8, 4) is 0 Å². The maximum Gasteiger partial charge on any atom is 0.250 e. The first kappa shape index (κ1) is 13.8. The van der Waals surface area contributed by atoms with E-state index in [0.717, 1.165) is 17.1 Å². The second-order valence-corrected chi connectivity index (χ2v) is 8.33. The van der Waals surface area contributed by atoms with Crippen molar-refractivity contribution in [3.63, 3.8) is 0 Å². The Morgan fingerprint density at radius 2 is 2.33 bits per heavy atom. The van der Waals surface area contributed by atoms with E-state index in [0.29, 0.717) is 15.4 Å². The lowest BCUT2D eigenvalue weighted by molar-refractivity contribution is 0.586. The minimum atomic E-state index is -3.39. The van der Waals surface area contributed by atoms with Gasteiger partial charge < -0.3 is 0 Å². The summed E-state index contributed by atoms with van der Waals surface area (Å²) in [5.74, 6) is 0.750. The normalized spacial score (nSPS) is 11.9. The summed E-state index contributed by atoms with van der Waals surface area (Å²) in [5.41, 5.74) is 0. The highest BCUT2D eigenvalue weighted by Crippen LogP contribution is 2.34. The number of thioether (sulfide) groups is 1. The fourth-order valence-electron chi connectivity index (χ4n) is 0.808. The second-order valence-electron chi connectivity index (χ2n) is 2.58. The van der Waals surface area contributed by atoms with Crippen molar-refractivity contribution in [2.45, 2.75) is 4.21 Å². The minimum Gasteiger partial charge on any atom is -0.210 e. The molecule has 0 bridgehead atoms. The quantitative estimate of drug-likeness (QED) is 0.831. The molecule has 86 valence electrons. The highest BCUT2D eigenvalue weighted by molar-refractivity contribution is 9.11. The number of hydrogen-bond donors (Lipinski definition) is 1. The Balaban J connectivity index is 2.77. The Labute approximate surface area is 111 Å². The molecular formula is C7H9BrClNO2S3. The molecule has 3 nitrogen and oxygen atoms in total. The van der Waals surface area contributed by atoms with Gasteiger partial charge in [-0.15, -0.1) is 11.3 Å². The van der Waals surface area contributed by atoms with E-state index in [2.05, 4.69) is 20.7 Å². The molecule has 1 rings (SSSR count). The van der Waals surface area contributed by atoms with Crippen LogP contribution in [0.1, 0.15) is 0 Å². The van der Waals surface area contributed by atoms with Gasteiger partial charge in [-0.3, -0.25) is 0 Å². The van der Waals surface area contributed by atoms with Crippen LogP contribution in [0, 0.1) is 0 Å². The minimum absolute atomic E-state index is 0.237. The number of halogens is 2. The molecule has 0 atom stereocenters. The highest BCUT2D eigenvalue weighted by Gasteiger charge is 2.18. The average molecular weight is 351 g/mol. The maximum atomic E-state index is 11.7. The summed E-state index contributed by atoms with van der Waals surface area (Å²) in [4.78, 5) is 0. The third-order valence-electron chi connectivity index (χ3n) is 1.49. The van der Waals surface area contributed by atoms with Crippen LogP contribution in [0.3, 0.4) is 0 Å². The summed E-state index contributed by atoms with van der Waals surface area (Å²) in [6.45, 7) is 0.427. The molecule has 1 heterocycles. The van der Waals surface area contributed by atoms with Crippen molar-refractivity contribution in [2.24, 2.45) is 0 Å². The Morgan fingerprint density at radius 1 is 1.67 bits per heavy atom. The van der Waals surface area contributed by atoms with E-state index < -0.39 is 10.0 Å². The first-order chi connectivity index (χ1) is 6.97. The molecule has 0 spiro atoms. The third-order valence-corrected chi connectivity index (χ3v) is 6.51. The number of rotatable bonds is 5. The first-order valence-electron chi connectivity index (χ1n) is 3.91. The summed E-state index contributed by atoms with van der Waals surface area (Å²) < 4.78 is 26.7. The average Bonchev–Trinajstić information content (AvgIpc) is 2.48. The van der Waals surface area contributed by atoms with E-state index >= 15 is 0 Å². The molecule has 0 radical (unpaired) electrons. The lowest BCUT2D eigenvalue weighted by Crippen LogP contribution is -2.25. The largest absolute Gasteiger partial charge is 0.250 e. The van der Waals surface area contributed by atoms with E-state index in [1.165, 1.54) is 6.07 Å². The molecule has 1 aromatic heterocycles. The monoisotopic (exact) mass is 349 g/mol. The predicted octanol–water partition coefficient (Wildman–Crippen LogP) is 2.81. The van der Waals surface area contributed by atoms with Crippen molar-refractivity contribution in [1.82, 2.24) is 4.72 Å². The SMILES string of the molecule is CSCCNS(=O)(=O)c1cc(Cl)c(Br)s1. The van der Waals surface area contributed by atoms with Gasteiger partial charge in [0.05, 0.1) is 8.81 Å². The lowest BCUT2D eigenvalue weighted by atomic mass is 10.7. The summed E-state index contributed by atoms with van der Waals surface area (Å²) in [7, 11) is -3.39. The number of nitrogens with one attached hydrogen (secondary N) is 1. The summed E-state index contributed by atoms with van der Waals surface area (Å²) in [6.07, 6.45) is 1.92. The van der Waals surface area contributed by atoms with Crippen LogP contribution in [0.5, 0.6) is 0 Å². The van der Waals surface area contributed by atoms with Crippen LogP contribution >= 0.6 is 50.6 Å². The fraction of sp³-hybridized carbons (Fsp3) is 0.429. The van der Waals surface area contributed by atoms with Crippen molar-refractivity contribution in [1.29, 1.82) is 0 Å². The van der Waals surface area contributed by atoms with Gasteiger partial charge in [-0.1, -0.05) is 11.6 Å². The molecule has 1 N–H and O–H groups in total. The molecule has 0 aromatic carbocycles. The van der Waals surface area contributed by atoms with Gasteiger partial charge in [-0.25, -0.2) is 13.1 Å². The summed E-state index contributed by atoms with van der Waals surface area (Å²) in [6, 6.07) is 1.44. The topological polar surface area (TPSA) is 46.2 Å². The zero-order chi connectivity index (χ0) is 11.5. The molecular weight excluding hydrogens is 342 g/mol. The van der Waals surface area contributed by atoms with Gasteiger partial charge in [0.15, 0.2) is 0 Å². The van der Waals surface area contributed by atoms with Gasteiger partial charge >= 0.3 is 0 Å². The van der Waals surface area contributed by atoms with Crippen LogP contribution in [-0.4, -0.2) is 27.0 Å². The van der Waals surface area contributed by atoms with E-state index in [1.807, 2.05) is 6.26 Å². The lowest BCUT2D eigenvalue weighted by Gasteiger charge is -2.02. The molecule has 0 fully saturated rings. The van der Waals surface area contributed by atoms with Gasteiger partial charge in [0.25, 0.3) is 0 Å². The second kappa shape index (κ2) is 5.88. The van der Waals surface area contributed by atoms with Crippen LogP contribution in [0.4, 0.5) is 0 Å². The Hall–Kier alpha value is 0.730. The maximum absolute atomic E-state index is 11.7. The number of sulfonamides is 1. The van der Waals surface area contributed by atoms with Crippen molar-refractivity contribution in [3.05, 3.63) is 14.9 Å². The van der Waals surface area contributed by atoms with E-state index in [9.17, 15) is 8.42 Å². The molecule has 0 saturated heterocycles. The van der Waals surface area contributed by atoms with Crippen LogP contribution in [0.2, 0.25) is 5.02 Å². The smallest absolute Gasteiger partial charge is 0.210 e. The van der Waals surface area contributed by atoms with Gasteiger partial charge in [0, 0.05) is 12.3 Å². The Kier molecular flexibility index (Phi) is 5.41. The number of hydrogen-bond acceptors (Lipinski definition) is 4. The summed E-state index contributed by atoms with van der Waals surface area (Å²) >= 11 is 11.6. The van der Waals surface area contributed by atoms with Gasteiger partial charge in [0.1, 0.15) is 4.21 Å². The Bertz CT molecular complexity index is 412. The molecule has 0 aliphatic heterocycles. The third kappa shape index (κ3) is 3.90. The standard InChI is InChI=1S/C7H9BrClNO2S3/c1-13-3-2-10-15(11,12)6-4-5(9)7(8)14-6/h4,10H,2-3H2,1H3. The van der Waals surface area contributed by atoms with Crippen molar-refractivity contribution < 1.29 is 8.42 Å². The van der Waals surface area contributed by atoms with Crippen LogP contribution in [0.15, 0.2) is 14.1 Å². The summed E-state index contributed by atoms with van der Waals surface area (Å²) in [5, 5.41) is 0.422. The zero-order valence-electron chi connectivity index (χ0n) is 7.79.